The zero-order valence-electron chi connectivity index (χ0n) is 11.1. The van der Waals surface area contributed by atoms with Crippen LogP contribution >= 0.6 is 0 Å². The molecule has 21 heavy (non-hydrogen) atoms. The first-order valence-corrected chi connectivity index (χ1v) is 7.92. The first-order chi connectivity index (χ1) is 9.70. The highest BCUT2D eigenvalue weighted by molar-refractivity contribution is 7.90. The van der Waals surface area contributed by atoms with Gasteiger partial charge >= 0.3 is 5.97 Å². The summed E-state index contributed by atoms with van der Waals surface area (Å²) in [6.07, 6.45) is 2.65. The highest BCUT2D eigenvalue weighted by atomic mass is 32.2. The number of imide groups is 1. The van der Waals surface area contributed by atoms with Gasteiger partial charge in [0.05, 0.1) is 5.92 Å². The Bertz CT molecular complexity index is 614. The number of rotatable bonds is 4. The molecule has 8 nitrogen and oxygen atoms in total. The lowest BCUT2D eigenvalue weighted by Crippen LogP contribution is -2.37. The van der Waals surface area contributed by atoms with E-state index in [0.29, 0.717) is 31.8 Å². The molecular formula is C12H15NO7S. The number of nitrogens with zero attached hydrogens (tertiary/aromatic N) is 1. The van der Waals surface area contributed by atoms with Gasteiger partial charge in [0.25, 0.3) is 21.9 Å². The molecule has 1 aliphatic carbocycles. The third kappa shape index (κ3) is 3.30. The lowest BCUT2D eigenvalue weighted by molar-refractivity contribution is -0.144. The van der Waals surface area contributed by atoms with Gasteiger partial charge in [0.2, 0.25) is 0 Å². The second-order valence-electron chi connectivity index (χ2n) is 5.29. The standard InChI is InChI=1S/C12H15NO7S/c14-10-5-9(21(18,19)20)11(15)13(10)6-7-1-3-8(4-2-7)12(16)17/h5,7-8H,1-4,6H2,(H,16,17)(H,18,19,20). The summed E-state index contributed by atoms with van der Waals surface area (Å²) in [6, 6.07) is 0. The van der Waals surface area contributed by atoms with Gasteiger partial charge in [-0.1, -0.05) is 0 Å². The van der Waals surface area contributed by atoms with Gasteiger partial charge in [-0.05, 0) is 31.6 Å². The molecular weight excluding hydrogens is 302 g/mol. The molecule has 0 aromatic carbocycles. The summed E-state index contributed by atoms with van der Waals surface area (Å²) in [5.74, 6) is -3.10. The van der Waals surface area contributed by atoms with E-state index in [1.165, 1.54) is 0 Å². The lowest BCUT2D eigenvalue weighted by Gasteiger charge is -2.28. The van der Waals surface area contributed by atoms with Crippen molar-refractivity contribution in [3.05, 3.63) is 11.0 Å². The molecule has 2 amide bonds. The largest absolute Gasteiger partial charge is 0.481 e. The zero-order chi connectivity index (χ0) is 15.8. The summed E-state index contributed by atoms with van der Waals surface area (Å²) in [5.41, 5.74) is 0. The summed E-state index contributed by atoms with van der Waals surface area (Å²) in [5, 5.41) is 8.90. The maximum absolute atomic E-state index is 11.8. The van der Waals surface area contributed by atoms with E-state index in [1.807, 2.05) is 0 Å². The summed E-state index contributed by atoms with van der Waals surface area (Å²) >= 11 is 0. The van der Waals surface area contributed by atoms with Crippen molar-refractivity contribution >= 4 is 27.9 Å². The Morgan fingerprint density at radius 1 is 1.24 bits per heavy atom. The molecule has 1 heterocycles. The van der Waals surface area contributed by atoms with Crippen molar-refractivity contribution < 1.29 is 32.5 Å². The van der Waals surface area contributed by atoms with Crippen molar-refractivity contribution in [3.8, 4) is 0 Å². The van der Waals surface area contributed by atoms with Crippen LogP contribution in [0.1, 0.15) is 25.7 Å². The molecule has 0 spiro atoms. The van der Waals surface area contributed by atoms with Crippen LogP contribution in [0.2, 0.25) is 0 Å². The van der Waals surface area contributed by atoms with Crippen molar-refractivity contribution in [3.63, 3.8) is 0 Å². The number of hydrogen-bond donors (Lipinski definition) is 2. The molecule has 0 saturated heterocycles. The van der Waals surface area contributed by atoms with Crippen LogP contribution in [-0.4, -0.2) is 47.3 Å². The van der Waals surface area contributed by atoms with Gasteiger partial charge in [0.15, 0.2) is 4.91 Å². The van der Waals surface area contributed by atoms with Crippen molar-refractivity contribution in [2.45, 2.75) is 25.7 Å². The van der Waals surface area contributed by atoms with Crippen LogP contribution in [0.5, 0.6) is 0 Å². The molecule has 2 rings (SSSR count). The Hall–Kier alpha value is -1.74. The van der Waals surface area contributed by atoms with Crippen LogP contribution in [0.4, 0.5) is 0 Å². The number of hydrogen-bond acceptors (Lipinski definition) is 5. The highest BCUT2D eigenvalue weighted by Gasteiger charge is 2.39. The summed E-state index contributed by atoms with van der Waals surface area (Å²) in [4.78, 5) is 34.2. The summed E-state index contributed by atoms with van der Waals surface area (Å²) in [6.45, 7) is 0.0412. The molecule has 0 aromatic heterocycles. The Morgan fingerprint density at radius 2 is 1.81 bits per heavy atom. The van der Waals surface area contributed by atoms with E-state index in [2.05, 4.69) is 0 Å². The van der Waals surface area contributed by atoms with Crippen molar-refractivity contribution in [1.29, 1.82) is 0 Å². The van der Waals surface area contributed by atoms with E-state index in [4.69, 9.17) is 9.66 Å². The summed E-state index contributed by atoms with van der Waals surface area (Å²) in [7, 11) is -4.71. The van der Waals surface area contributed by atoms with Crippen LogP contribution in [-0.2, 0) is 24.5 Å². The lowest BCUT2D eigenvalue weighted by atomic mass is 9.82. The minimum absolute atomic E-state index is 0.0412. The molecule has 1 aliphatic heterocycles. The SMILES string of the molecule is O=C(O)C1CCC(CN2C(=O)C=C(S(=O)(=O)O)C2=O)CC1. The Kier molecular flexibility index (Phi) is 4.15. The predicted molar refractivity (Wildman–Crippen MR) is 69.4 cm³/mol. The fourth-order valence-electron chi connectivity index (χ4n) is 2.69. The molecule has 1 saturated carbocycles. The van der Waals surface area contributed by atoms with E-state index in [0.717, 1.165) is 4.90 Å². The molecule has 9 heteroatoms. The van der Waals surface area contributed by atoms with Gasteiger partial charge < -0.3 is 5.11 Å². The zero-order valence-corrected chi connectivity index (χ0v) is 11.9. The first kappa shape index (κ1) is 15.6. The van der Waals surface area contributed by atoms with E-state index in [1.54, 1.807) is 0 Å². The second-order valence-corrected chi connectivity index (χ2v) is 6.68. The van der Waals surface area contributed by atoms with Gasteiger partial charge in [-0.2, -0.15) is 8.42 Å². The molecule has 0 aromatic rings. The number of amides is 2. The minimum atomic E-state index is -4.71. The number of carbonyl (C=O) groups excluding carboxylic acids is 2. The van der Waals surface area contributed by atoms with E-state index in [9.17, 15) is 22.8 Å². The number of aliphatic carboxylic acids is 1. The topological polar surface area (TPSA) is 129 Å². The second kappa shape index (κ2) is 5.57. The predicted octanol–water partition coefficient (Wildman–Crippen LogP) is 0.0179. The molecule has 2 aliphatic rings. The average Bonchev–Trinajstić information content (AvgIpc) is 2.67. The highest BCUT2D eigenvalue weighted by Crippen LogP contribution is 2.30. The molecule has 2 N–H and O–H groups in total. The van der Waals surface area contributed by atoms with Crippen LogP contribution in [0.15, 0.2) is 11.0 Å². The molecule has 1 fully saturated rings. The van der Waals surface area contributed by atoms with Gasteiger partial charge in [-0.3, -0.25) is 23.8 Å². The van der Waals surface area contributed by atoms with Crippen LogP contribution in [0.25, 0.3) is 0 Å². The number of carbonyl (C=O) groups is 3. The van der Waals surface area contributed by atoms with Gasteiger partial charge in [-0.25, -0.2) is 0 Å². The third-order valence-corrected chi connectivity index (χ3v) is 4.74. The molecule has 116 valence electrons. The van der Waals surface area contributed by atoms with Gasteiger partial charge in [0.1, 0.15) is 0 Å². The Labute approximate surface area is 121 Å². The minimum Gasteiger partial charge on any atom is -0.481 e. The van der Waals surface area contributed by atoms with Crippen molar-refractivity contribution in [2.24, 2.45) is 11.8 Å². The van der Waals surface area contributed by atoms with Crippen LogP contribution in [0, 0.1) is 11.8 Å². The van der Waals surface area contributed by atoms with Crippen molar-refractivity contribution in [2.75, 3.05) is 6.54 Å². The van der Waals surface area contributed by atoms with Gasteiger partial charge in [0, 0.05) is 12.6 Å². The normalized spacial score (nSPS) is 26.9. The van der Waals surface area contributed by atoms with Crippen LogP contribution < -0.4 is 0 Å². The molecule has 0 unspecified atom stereocenters. The Balaban J connectivity index is 1.99. The smallest absolute Gasteiger partial charge is 0.306 e. The molecule has 0 radical (unpaired) electrons. The van der Waals surface area contributed by atoms with E-state index < -0.39 is 38.7 Å². The monoisotopic (exact) mass is 317 g/mol. The third-order valence-electron chi connectivity index (χ3n) is 3.89. The van der Waals surface area contributed by atoms with Crippen molar-refractivity contribution in [1.82, 2.24) is 4.90 Å². The fourth-order valence-corrected chi connectivity index (χ4v) is 3.27. The van der Waals surface area contributed by atoms with E-state index in [-0.39, 0.29) is 12.5 Å². The number of carboxylic acid groups (broad SMARTS) is 1. The average molecular weight is 317 g/mol. The van der Waals surface area contributed by atoms with E-state index >= 15 is 0 Å². The number of carboxylic acids is 1. The maximum atomic E-state index is 11.8. The fraction of sp³-hybridized carbons (Fsp3) is 0.583. The maximum Gasteiger partial charge on any atom is 0.306 e. The molecule has 0 bridgehead atoms. The summed E-state index contributed by atoms with van der Waals surface area (Å²) < 4.78 is 30.8. The van der Waals surface area contributed by atoms with Gasteiger partial charge in [-0.15, -0.1) is 0 Å². The van der Waals surface area contributed by atoms with Crippen LogP contribution in [0.3, 0.4) is 0 Å². The first-order valence-electron chi connectivity index (χ1n) is 6.48. The molecule has 0 atom stereocenters. The Morgan fingerprint density at radius 3 is 2.24 bits per heavy atom. The quantitative estimate of drug-likeness (QED) is 0.552.